The monoisotopic (exact) mass is 353 g/mol. The van der Waals surface area contributed by atoms with E-state index in [4.69, 9.17) is 0 Å². The van der Waals surface area contributed by atoms with Gasteiger partial charge in [-0.2, -0.15) is 10.2 Å². The van der Waals surface area contributed by atoms with Crippen molar-refractivity contribution >= 4 is 17.8 Å². The molecule has 1 aromatic heterocycles. The molecule has 8 nitrogen and oxygen atoms in total. The largest absolute Gasteiger partial charge is 0.289 e. The van der Waals surface area contributed by atoms with Crippen molar-refractivity contribution in [1.82, 2.24) is 15.6 Å². The van der Waals surface area contributed by atoms with Crippen molar-refractivity contribution in [3.63, 3.8) is 0 Å². The number of nitrogens with one attached hydrogen (secondary N) is 2. The van der Waals surface area contributed by atoms with E-state index in [1.165, 1.54) is 48.7 Å². The van der Waals surface area contributed by atoms with Crippen LogP contribution in [-0.2, 0) is 0 Å². The molecule has 3 rings (SSSR count). The smallest absolute Gasteiger partial charge is 0.272 e. The Labute approximate surface area is 146 Å². The summed E-state index contributed by atoms with van der Waals surface area (Å²) in [6.45, 7) is 0. The van der Waals surface area contributed by atoms with Crippen molar-refractivity contribution in [3.8, 4) is 11.3 Å². The molecule has 0 unspecified atom stereocenters. The second-order valence-corrected chi connectivity index (χ2v) is 5.22. The molecule has 0 spiro atoms. The first-order chi connectivity index (χ1) is 12.5. The van der Waals surface area contributed by atoms with Gasteiger partial charge in [-0.3, -0.25) is 20.0 Å². The van der Waals surface area contributed by atoms with Crippen LogP contribution < -0.4 is 5.43 Å². The van der Waals surface area contributed by atoms with Crippen LogP contribution in [0.25, 0.3) is 11.3 Å². The normalized spacial score (nSPS) is 10.8. The third-order valence-electron chi connectivity index (χ3n) is 3.45. The number of halogens is 1. The summed E-state index contributed by atoms with van der Waals surface area (Å²) in [6, 6.07) is 12.9. The van der Waals surface area contributed by atoms with Gasteiger partial charge in [-0.25, -0.2) is 9.82 Å². The number of amides is 1. The fraction of sp³-hybridized carbons (Fsp3) is 0. The van der Waals surface area contributed by atoms with E-state index >= 15 is 0 Å². The lowest BCUT2D eigenvalue weighted by atomic mass is 10.1. The van der Waals surface area contributed by atoms with E-state index in [1.807, 2.05) is 0 Å². The van der Waals surface area contributed by atoms with Crippen LogP contribution in [0.3, 0.4) is 0 Å². The molecule has 130 valence electrons. The van der Waals surface area contributed by atoms with E-state index in [2.05, 4.69) is 20.7 Å². The summed E-state index contributed by atoms with van der Waals surface area (Å²) in [6.07, 6.45) is 1.36. The molecule has 0 radical (unpaired) electrons. The van der Waals surface area contributed by atoms with Gasteiger partial charge in [0.15, 0.2) is 0 Å². The van der Waals surface area contributed by atoms with Gasteiger partial charge in [0.25, 0.3) is 11.6 Å². The molecule has 2 N–H and O–H groups in total. The molecule has 9 heteroatoms. The van der Waals surface area contributed by atoms with Crippen molar-refractivity contribution in [2.24, 2.45) is 5.10 Å². The Morgan fingerprint density at radius 2 is 1.88 bits per heavy atom. The van der Waals surface area contributed by atoms with Crippen LogP contribution in [0.1, 0.15) is 16.1 Å². The molecular weight excluding hydrogens is 341 g/mol. The zero-order valence-electron chi connectivity index (χ0n) is 13.2. The minimum Gasteiger partial charge on any atom is -0.272 e. The predicted octanol–water partition coefficient (Wildman–Crippen LogP) is 2.89. The molecule has 3 aromatic rings. The van der Waals surface area contributed by atoms with Crippen molar-refractivity contribution in [1.29, 1.82) is 0 Å². The summed E-state index contributed by atoms with van der Waals surface area (Å²) < 4.78 is 12.9. The van der Waals surface area contributed by atoms with Gasteiger partial charge in [-0.15, -0.1) is 0 Å². The molecule has 0 aliphatic heterocycles. The van der Waals surface area contributed by atoms with Crippen molar-refractivity contribution < 1.29 is 14.1 Å². The number of hydrazone groups is 1. The lowest BCUT2D eigenvalue weighted by molar-refractivity contribution is -0.384. The number of carbonyl (C=O) groups is 1. The Hall–Kier alpha value is -3.88. The van der Waals surface area contributed by atoms with Crippen LogP contribution in [0.5, 0.6) is 0 Å². The molecule has 1 heterocycles. The molecule has 2 aromatic carbocycles. The third kappa shape index (κ3) is 3.96. The molecule has 0 bridgehead atoms. The number of nitro groups is 1. The topological polar surface area (TPSA) is 113 Å². The third-order valence-corrected chi connectivity index (χ3v) is 3.45. The highest BCUT2D eigenvalue weighted by molar-refractivity contribution is 5.94. The first-order valence-corrected chi connectivity index (χ1v) is 7.42. The maximum Gasteiger partial charge on any atom is 0.289 e. The van der Waals surface area contributed by atoms with Crippen LogP contribution >= 0.6 is 0 Å². The van der Waals surface area contributed by atoms with Gasteiger partial charge >= 0.3 is 0 Å². The number of benzene rings is 2. The maximum atomic E-state index is 12.9. The van der Waals surface area contributed by atoms with Gasteiger partial charge in [0.2, 0.25) is 0 Å². The highest BCUT2D eigenvalue weighted by Gasteiger charge is 2.10. The summed E-state index contributed by atoms with van der Waals surface area (Å²) in [4.78, 5) is 22.1. The highest BCUT2D eigenvalue weighted by Crippen LogP contribution is 2.18. The number of nitro benzene ring substituents is 1. The van der Waals surface area contributed by atoms with E-state index in [1.54, 1.807) is 12.1 Å². The number of aromatic amines is 1. The average molecular weight is 353 g/mol. The lowest BCUT2D eigenvalue weighted by Gasteiger charge is -1.96. The molecule has 0 saturated heterocycles. The van der Waals surface area contributed by atoms with E-state index in [0.717, 1.165) is 0 Å². The Morgan fingerprint density at radius 3 is 2.54 bits per heavy atom. The second-order valence-electron chi connectivity index (χ2n) is 5.22. The fourth-order valence-corrected chi connectivity index (χ4v) is 2.11. The van der Waals surface area contributed by atoms with Gasteiger partial charge in [0.1, 0.15) is 11.5 Å². The van der Waals surface area contributed by atoms with Crippen LogP contribution in [0.4, 0.5) is 10.1 Å². The van der Waals surface area contributed by atoms with Gasteiger partial charge in [0.05, 0.1) is 16.8 Å². The quantitative estimate of drug-likeness (QED) is 0.417. The van der Waals surface area contributed by atoms with E-state index in [0.29, 0.717) is 16.8 Å². The molecule has 0 saturated carbocycles. The molecule has 0 aliphatic rings. The molecule has 0 fully saturated rings. The number of H-pyrrole nitrogens is 1. The Morgan fingerprint density at radius 1 is 1.19 bits per heavy atom. The molecule has 0 aliphatic carbocycles. The zero-order valence-corrected chi connectivity index (χ0v) is 13.2. The van der Waals surface area contributed by atoms with Crippen LogP contribution in [-0.4, -0.2) is 27.2 Å². The van der Waals surface area contributed by atoms with E-state index in [9.17, 15) is 19.3 Å². The Kier molecular flexibility index (Phi) is 4.79. The number of hydrogen-bond donors (Lipinski definition) is 2. The van der Waals surface area contributed by atoms with Crippen LogP contribution in [0.15, 0.2) is 59.7 Å². The summed E-state index contributed by atoms with van der Waals surface area (Å²) in [5, 5.41) is 21.0. The summed E-state index contributed by atoms with van der Waals surface area (Å²) >= 11 is 0. The van der Waals surface area contributed by atoms with Crippen LogP contribution in [0, 0.1) is 15.9 Å². The SMILES string of the molecule is O=C(N/N=C/c1ccc([N+](=O)[O-])cc1)c1cc(-c2ccc(F)cc2)n[nH]1. The molecule has 0 atom stereocenters. The minimum absolute atomic E-state index is 0.0306. The first-order valence-electron chi connectivity index (χ1n) is 7.42. The number of aromatic nitrogens is 2. The Balaban J connectivity index is 1.63. The lowest BCUT2D eigenvalue weighted by Crippen LogP contribution is -2.17. The predicted molar refractivity (Wildman–Crippen MR) is 92.1 cm³/mol. The summed E-state index contributed by atoms with van der Waals surface area (Å²) in [5.41, 5.74) is 4.23. The number of rotatable bonds is 5. The maximum absolute atomic E-state index is 12.9. The summed E-state index contributed by atoms with van der Waals surface area (Å²) in [5.74, 6) is -0.869. The second kappa shape index (κ2) is 7.34. The zero-order chi connectivity index (χ0) is 18.5. The van der Waals surface area contributed by atoms with E-state index < -0.39 is 10.8 Å². The summed E-state index contributed by atoms with van der Waals surface area (Å²) in [7, 11) is 0. The minimum atomic E-state index is -0.510. The molecule has 26 heavy (non-hydrogen) atoms. The number of non-ortho nitro benzene ring substituents is 1. The fourth-order valence-electron chi connectivity index (χ4n) is 2.11. The Bertz CT molecular complexity index is 965. The van der Waals surface area contributed by atoms with Gasteiger partial charge in [0, 0.05) is 17.7 Å². The van der Waals surface area contributed by atoms with Gasteiger partial charge in [-0.1, -0.05) is 0 Å². The van der Waals surface area contributed by atoms with Gasteiger partial charge < -0.3 is 0 Å². The standard InChI is InChI=1S/C17H12FN5O3/c18-13-5-3-12(4-6-13)15-9-16(21-20-15)17(24)22-19-10-11-1-7-14(8-2-11)23(25)26/h1-10H,(H,20,21)(H,22,24)/b19-10+. The first kappa shape index (κ1) is 17.0. The number of hydrogen-bond acceptors (Lipinski definition) is 5. The van der Waals surface area contributed by atoms with Crippen LogP contribution in [0.2, 0.25) is 0 Å². The van der Waals surface area contributed by atoms with Gasteiger partial charge in [-0.05, 0) is 48.0 Å². The molecule has 1 amide bonds. The van der Waals surface area contributed by atoms with Crippen molar-refractivity contribution in [2.45, 2.75) is 0 Å². The number of carbonyl (C=O) groups excluding carboxylic acids is 1. The molecular formula is C17H12FN5O3. The average Bonchev–Trinajstić information content (AvgIpc) is 3.13. The number of nitrogens with zero attached hydrogens (tertiary/aromatic N) is 3. The van der Waals surface area contributed by atoms with E-state index in [-0.39, 0.29) is 17.2 Å². The van der Waals surface area contributed by atoms with Crippen molar-refractivity contribution in [3.05, 3.63) is 81.8 Å². The van der Waals surface area contributed by atoms with Crippen molar-refractivity contribution in [2.75, 3.05) is 0 Å². The highest BCUT2D eigenvalue weighted by atomic mass is 19.1.